The molecular weight excluding hydrogens is 386 g/mol. The highest BCUT2D eigenvalue weighted by Gasteiger charge is 2.20. The Morgan fingerprint density at radius 3 is 2.17 bits per heavy atom. The Bertz CT molecular complexity index is 1090. The van der Waals surface area contributed by atoms with Gasteiger partial charge in [0.1, 0.15) is 6.61 Å². The lowest BCUT2D eigenvalue weighted by molar-refractivity contribution is 0.284. The van der Waals surface area contributed by atoms with Crippen molar-refractivity contribution < 1.29 is 17.9 Å². The molecule has 0 unspecified atom stereocenters. The maximum Gasteiger partial charge on any atom is 0.261 e. The topological polar surface area (TPSA) is 64.6 Å². The van der Waals surface area contributed by atoms with Crippen LogP contribution in [0, 0.1) is 20.8 Å². The second kappa shape index (κ2) is 8.57. The maximum absolute atomic E-state index is 12.8. The molecule has 0 amide bonds. The molecule has 0 aliphatic heterocycles. The number of rotatable bonds is 7. The molecule has 0 aliphatic carbocycles. The Morgan fingerprint density at radius 1 is 0.897 bits per heavy atom. The quantitative estimate of drug-likeness (QED) is 0.594. The Morgan fingerprint density at radius 2 is 1.55 bits per heavy atom. The molecule has 0 atom stereocenters. The third kappa shape index (κ3) is 4.71. The van der Waals surface area contributed by atoms with Gasteiger partial charge in [0, 0.05) is 6.07 Å². The molecule has 29 heavy (non-hydrogen) atoms. The van der Waals surface area contributed by atoms with E-state index < -0.39 is 10.0 Å². The third-order valence-electron chi connectivity index (χ3n) is 4.82. The van der Waals surface area contributed by atoms with Crippen molar-refractivity contribution in [2.75, 3.05) is 11.8 Å². The lowest BCUT2D eigenvalue weighted by atomic mass is 10.1. The van der Waals surface area contributed by atoms with E-state index in [1.807, 2.05) is 51.1 Å². The molecule has 3 rings (SSSR count). The molecule has 0 saturated heterocycles. The number of hydrogen-bond acceptors (Lipinski definition) is 4. The summed E-state index contributed by atoms with van der Waals surface area (Å²) in [6, 6.07) is 18.2. The van der Waals surface area contributed by atoms with Gasteiger partial charge in [0.2, 0.25) is 0 Å². The molecule has 0 spiro atoms. The van der Waals surface area contributed by atoms with Gasteiger partial charge in [0.15, 0.2) is 11.5 Å². The monoisotopic (exact) mass is 411 g/mol. The summed E-state index contributed by atoms with van der Waals surface area (Å²) in [7, 11) is -2.14. The highest BCUT2D eigenvalue weighted by Crippen LogP contribution is 2.38. The maximum atomic E-state index is 12.8. The fourth-order valence-electron chi connectivity index (χ4n) is 2.99. The van der Waals surface area contributed by atoms with Crippen molar-refractivity contribution in [3.63, 3.8) is 0 Å². The van der Waals surface area contributed by atoms with E-state index >= 15 is 0 Å². The molecule has 0 aliphatic rings. The molecule has 0 aromatic heterocycles. The van der Waals surface area contributed by atoms with Gasteiger partial charge in [-0.25, -0.2) is 8.42 Å². The minimum atomic E-state index is -3.72. The van der Waals surface area contributed by atoms with Gasteiger partial charge in [-0.15, -0.1) is 0 Å². The van der Waals surface area contributed by atoms with E-state index in [0.717, 1.165) is 22.3 Å². The van der Waals surface area contributed by atoms with Crippen LogP contribution in [0.3, 0.4) is 0 Å². The van der Waals surface area contributed by atoms with Crippen molar-refractivity contribution in [1.29, 1.82) is 0 Å². The van der Waals surface area contributed by atoms with Gasteiger partial charge < -0.3 is 9.47 Å². The molecule has 5 nitrogen and oxygen atoms in total. The molecule has 1 N–H and O–H groups in total. The molecule has 0 bridgehead atoms. The first kappa shape index (κ1) is 20.7. The lowest BCUT2D eigenvalue weighted by Crippen LogP contribution is -2.14. The second-order valence-corrected chi connectivity index (χ2v) is 8.58. The largest absolute Gasteiger partial charge is 0.493 e. The van der Waals surface area contributed by atoms with Crippen LogP contribution in [0.1, 0.15) is 22.3 Å². The molecule has 3 aromatic rings. The first-order valence-electron chi connectivity index (χ1n) is 9.26. The minimum Gasteiger partial charge on any atom is -0.493 e. The van der Waals surface area contributed by atoms with Crippen LogP contribution in [0.25, 0.3) is 0 Å². The fraction of sp³-hybridized carbons (Fsp3) is 0.217. The number of anilines is 1. The van der Waals surface area contributed by atoms with Gasteiger partial charge in [-0.1, -0.05) is 48.0 Å². The third-order valence-corrected chi connectivity index (χ3v) is 6.20. The lowest BCUT2D eigenvalue weighted by Gasteiger charge is -2.19. The summed E-state index contributed by atoms with van der Waals surface area (Å²) < 4.78 is 39.9. The van der Waals surface area contributed by atoms with E-state index in [9.17, 15) is 8.42 Å². The molecule has 0 heterocycles. The number of aryl methyl sites for hydroxylation is 1. The first-order chi connectivity index (χ1) is 13.8. The van der Waals surface area contributed by atoms with Crippen molar-refractivity contribution in [3.05, 3.63) is 82.9 Å². The van der Waals surface area contributed by atoms with Crippen LogP contribution in [0.4, 0.5) is 5.69 Å². The van der Waals surface area contributed by atoms with E-state index in [-0.39, 0.29) is 4.90 Å². The standard InChI is InChI=1S/C23H25NO4S/c1-16-10-12-20(13-11-16)29(25,26)24-21-14-22(23(27-4)18(3)17(21)2)28-15-19-8-6-5-7-9-19/h5-14,24H,15H2,1-4H3. The number of hydrogen-bond donors (Lipinski definition) is 1. The summed E-state index contributed by atoms with van der Waals surface area (Å²) in [5.41, 5.74) is 4.07. The van der Waals surface area contributed by atoms with Gasteiger partial charge in [0.25, 0.3) is 10.0 Å². The van der Waals surface area contributed by atoms with Crippen molar-refractivity contribution in [2.45, 2.75) is 32.3 Å². The summed E-state index contributed by atoms with van der Waals surface area (Å²) >= 11 is 0. The van der Waals surface area contributed by atoms with E-state index in [4.69, 9.17) is 9.47 Å². The Kier molecular flexibility index (Phi) is 6.13. The molecule has 152 valence electrons. The molecule has 0 radical (unpaired) electrons. The van der Waals surface area contributed by atoms with E-state index in [1.54, 1.807) is 37.4 Å². The number of nitrogens with one attached hydrogen (secondary N) is 1. The normalized spacial score (nSPS) is 11.2. The van der Waals surface area contributed by atoms with Crippen LogP contribution >= 0.6 is 0 Å². The zero-order valence-corrected chi connectivity index (χ0v) is 17.8. The van der Waals surface area contributed by atoms with Gasteiger partial charge in [-0.3, -0.25) is 4.72 Å². The summed E-state index contributed by atoms with van der Waals surface area (Å²) in [4.78, 5) is 0.211. The second-order valence-electron chi connectivity index (χ2n) is 6.90. The van der Waals surface area contributed by atoms with Crippen LogP contribution in [0.5, 0.6) is 11.5 Å². The van der Waals surface area contributed by atoms with Crippen molar-refractivity contribution in [1.82, 2.24) is 0 Å². The van der Waals surface area contributed by atoms with Gasteiger partial charge in [-0.05, 0) is 49.6 Å². The SMILES string of the molecule is COc1c(OCc2ccccc2)cc(NS(=O)(=O)c2ccc(C)cc2)c(C)c1C. The average Bonchev–Trinajstić information content (AvgIpc) is 2.71. The predicted octanol–water partition coefficient (Wildman–Crippen LogP) is 5.00. The number of methoxy groups -OCH3 is 1. The Labute approximate surface area is 172 Å². The number of benzene rings is 3. The van der Waals surface area contributed by atoms with E-state index in [2.05, 4.69) is 4.72 Å². The highest BCUT2D eigenvalue weighted by molar-refractivity contribution is 7.92. The van der Waals surface area contributed by atoms with Crippen molar-refractivity contribution in [3.8, 4) is 11.5 Å². The minimum absolute atomic E-state index is 0.211. The van der Waals surface area contributed by atoms with Crippen LogP contribution in [-0.2, 0) is 16.6 Å². The summed E-state index contributed by atoms with van der Waals surface area (Å²) in [5.74, 6) is 1.08. The van der Waals surface area contributed by atoms with Crippen molar-refractivity contribution in [2.24, 2.45) is 0 Å². The molecule has 6 heteroatoms. The van der Waals surface area contributed by atoms with Crippen LogP contribution in [-0.4, -0.2) is 15.5 Å². The number of sulfonamides is 1. The molecule has 0 saturated carbocycles. The van der Waals surface area contributed by atoms with Crippen LogP contribution in [0.15, 0.2) is 65.6 Å². The van der Waals surface area contributed by atoms with E-state index in [1.165, 1.54) is 0 Å². The van der Waals surface area contributed by atoms with Crippen molar-refractivity contribution >= 4 is 15.7 Å². The zero-order chi connectivity index (χ0) is 21.0. The van der Waals surface area contributed by atoms with E-state index in [0.29, 0.717) is 23.8 Å². The highest BCUT2D eigenvalue weighted by atomic mass is 32.2. The zero-order valence-electron chi connectivity index (χ0n) is 17.0. The molecule has 0 fully saturated rings. The summed E-state index contributed by atoms with van der Waals surface area (Å²) in [5, 5.41) is 0. The smallest absolute Gasteiger partial charge is 0.261 e. The van der Waals surface area contributed by atoms with Crippen LogP contribution < -0.4 is 14.2 Å². The van der Waals surface area contributed by atoms with Gasteiger partial charge in [0.05, 0.1) is 17.7 Å². The summed E-state index contributed by atoms with van der Waals surface area (Å²) in [6.07, 6.45) is 0. The predicted molar refractivity (Wildman–Crippen MR) is 115 cm³/mol. The summed E-state index contributed by atoms with van der Waals surface area (Å²) in [6.45, 7) is 6.00. The van der Waals surface area contributed by atoms with Gasteiger partial charge >= 0.3 is 0 Å². The fourth-order valence-corrected chi connectivity index (χ4v) is 4.10. The number of ether oxygens (including phenoxy) is 2. The molecule has 3 aromatic carbocycles. The van der Waals surface area contributed by atoms with Gasteiger partial charge in [-0.2, -0.15) is 0 Å². The van der Waals surface area contributed by atoms with Crippen LogP contribution in [0.2, 0.25) is 0 Å². The average molecular weight is 412 g/mol. The first-order valence-corrected chi connectivity index (χ1v) is 10.7. The Balaban J connectivity index is 1.94. The Hall–Kier alpha value is -2.99. The molecular formula is C23H25NO4S.